The number of esters is 1. The van der Waals surface area contributed by atoms with E-state index in [4.69, 9.17) is 10.5 Å². The van der Waals surface area contributed by atoms with Crippen LogP contribution in [0.15, 0.2) is 0 Å². The first-order valence-corrected chi connectivity index (χ1v) is 6.10. The van der Waals surface area contributed by atoms with Gasteiger partial charge in [-0.15, -0.1) is 0 Å². The van der Waals surface area contributed by atoms with E-state index in [9.17, 15) is 4.79 Å². The van der Waals surface area contributed by atoms with Crippen LogP contribution in [0.5, 0.6) is 0 Å². The van der Waals surface area contributed by atoms with Crippen LogP contribution >= 0.6 is 0 Å². The van der Waals surface area contributed by atoms with Crippen molar-refractivity contribution >= 4 is 5.97 Å². The molecule has 4 heteroatoms. The highest BCUT2D eigenvalue weighted by Crippen LogP contribution is 2.29. The molecular weight excluding hydrogens is 204 g/mol. The number of hydrogen-bond acceptors (Lipinski definition) is 4. The molecule has 1 unspecified atom stereocenters. The predicted octanol–water partition coefficient (Wildman–Crippen LogP) is 0.999. The number of carbonyl (C=O) groups excluding carboxylic acids is 1. The Morgan fingerprint density at radius 1 is 1.56 bits per heavy atom. The van der Waals surface area contributed by atoms with E-state index in [2.05, 4.69) is 11.9 Å². The second kappa shape index (κ2) is 5.64. The molecule has 0 amide bonds. The Hall–Kier alpha value is -0.610. The van der Waals surface area contributed by atoms with Gasteiger partial charge in [0.1, 0.15) is 5.54 Å². The zero-order valence-corrected chi connectivity index (χ0v) is 10.7. The minimum atomic E-state index is -0.853. The van der Waals surface area contributed by atoms with Gasteiger partial charge in [0, 0.05) is 13.1 Å². The van der Waals surface area contributed by atoms with Crippen LogP contribution in [-0.2, 0) is 9.53 Å². The van der Waals surface area contributed by atoms with Crippen molar-refractivity contribution in [3.63, 3.8) is 0 Å². The van der Waals surface area contributed by atoms with Gasteiger partial charge in [-0.3, -0.25) is 4.79 Å². The monoisotopic (exact) mass is 228 g/mol. The number of nitrogens with zero attached hydrogens (tertiary/aromatic N) is 1. The summed E-state index contributed by atoms with van der Waals surface area (Å²) < 4.78 is 4.95. The van der Waals surface area contributed by atoms with Crippen LogP contribution in [0, 0.1) is 5.92 Å². The standard InChI is InChI=1S/C12H24N2O2/c1-4-16-11(15)12(2,13)7-8-14(3)9-10-5-6-10/h10H,4-9,13H2,1-3H3. The molecule has 0 aromatic carbocycles. The van der Waals surface area contributed by atoms with Crippen molar-refractivity contribution in [1.29, 1.82) is 0 Å². The maximum Gasteiger partial charge on any atom is 0.325 e. The third-order valence-electron chi connectivity index (χ3n) is 3.02. The van der Waals surface area contributed by atoms with Crippen molar-refractivity contribution in [3.8, 4) is 0 Å². The van der Waals surface area contributed by atoms with Gasteiger partial charge in [-0.1, -0.05) is 0 Å². The highest BCUT2D eigenvalue weighted by atomic mass is 16.5. The van der Waals surface area contributed by atoms with Crippen LogP contribution in [0.25, 0.3) is 0 Å². The fraction of sp³-hybridized carbons (Fsp3) is 0.917. The van der Waals surface area contributed by atoms with Crippen LogP contribution < -0.4 is 5.73 Å². The van der Waals surface area contributed by atoms with Crippen molar-refractivity contribution in [3.05, 3.63) is 0 Å². The Labute approximate surface area is 98.1 Å². The normalized spacial score (nSPS) is 19.6. The van der Waals surface area contributed by atoms with Gasteiger partial charge in [-0.2, -0.15) is 0 Å². The Morgan fingerprint density at radius 2 is 2.19 bits per heavy atom. The first kappa shape index (κ1) is 13.5. The van der Waals surface area contributed by atoms with Gasteiger partial charge in [0.25, 0.3) is 0 Å². The van der Waals surface area contributed by atoms with Crippen molar-refractivity contribution in [2.24, 2.45) is 11.7 Å². The summed E-state index contributed by atoms with van der Waals surface area (Å²) in [5, 5.41) is 0. The molecule has 0 aromatic rings. The molecule has 0 aromatic heterocycles. The SMILES string of the molecule is CCOC(=O)C(C)(N)CCN(C)CC1CC1. The quantitative estimate of drug-likeness (QED) is 0.660. The molecule has 1 rings (SSSR count). The summed E-state index contributed by atoms with van der Waals surface area (Å²) in [6.45, 7) is 5.91. The Balaban J connectivity index is 2.24. The molecule has 0 aliphatic heterocycles. The Bertz CT molecular complexity index is 237. The summed E-state index contributed by atoms with van der Waals surface area (Å²) >= 11 is 0. The fourth-order valence-electron chi connectivity index (χ4n) is 1.65. The molecule has 0 radical (unpaired) electrons. The van der Waals surface area contributed by atoms with Crippen LogP contribution in [0.3, 0.4) is 0 Å². The summed E-state index contributed by atoms with van der Waals surface area (Å²) in [7, 11) is 2.08. The van der Waals surface area contributed by atoms with Crippen LogP contribution in [0.1, 0.15) is 33.1 Å². The molecule has 0 saturated heterocycles. The lowest BCUT2D eigenvalue weighted by Gasteiger charge is -2.25. The van der Waals surface area contributed by atoms with Crippen LogP contribution in [0.4, 0.5) is 0 Å². The van der Waals surface area contributed by atoms with Gasteiger partial charge in [0.15, 0.2) is 0 Å². The number of ether oxygens (including phenoxy) is 1. The van der Waals surface area contributed by atoms with Crippen molar-refractivity contribution in [1.82, 2.24) is 4.90 Å². The third kappa shape index (κ3) is 4.49. The van der Waals surface area contributed by atoms with E-state index in [0.717, 1.165) is 19.0 Å². The molecule has 1 atom stereocenters. The molecular formula is C12H24N2O2. The molecule has 94 valence electrons. The van der Waals surface area contributed by atoms with Crippen molar-refractivity contribution < 1.29 is 9.53 Å². The minimum absolute atomic E-state index is 0.296. The summed E-state index contributed by atoms with van der Waals surface area (Å²) in [6.07, 6.45) is 3.35. The molecule has 1 aliphatic rings. The zero-order valence-electron chi connectivity index (χ0n) is 10.7. The lowest BCUT2D eigenvalue weighted by Crippen LogP contribution is -2.48. The average Bonchev–Trinajstić information content (AvgIpc) is 2.99. The van der Waals surface area contributed by atoms with E-state index in [0.29, 0.717) is 13.0 Å². The first-order chi connectivity index (χ1) is 7.45. The topological polar surface area (TPSA) is 55.6 Å². The summed E-state index contributed by atoms with van der Waals surface area (Å²) in [4.78, 5) is 13.8. The second-order valence-electron chi connectivity index (χ2n) is 5.09. The molecule has 1 fully saturated rings. The largest absolute Gasteiger partial charge is 0.465 e. The summed E-state index contributed by atoms with van der Waals surface area (Å²) in [5.74, 6) is 0.575. The van der Waals surface area contributed by atoms with Gasteiger partial charge in [-0.05, 0) is 46.1 Å². The number of rotatable bonds is 7. The molecule has 1 aliphatic carbocycles. The van der Waals surface area contributed by atoms with Gasteiger partial charge in [-0.25, -0.2) is 0 Å². The van der Waals surface area contributed by atoms with E-state index in [1.807, 2.05) is 0 Å². The van der Waals surface area contributed by atoms with Crippen molar-refractivity contribution in [2.75, 3.05) is 26.7 Å². The number of carbonyl (C=O) groups is 1. The third-order valence-corrected chi connectivity index (χ3v) is 3.02. The van der Waals surface area contributed by atoms with Gasteiger partial charge >= 0.3 is 5.97 Å². The Kier molecular flexibility index (Phi) is 4.74. The van der Waals surface area contributed by atoms with Gasteiger partial charge < -0.3 is 15.4 Å². The number of hydrogen-bond donors (Lipinski definition) is 1. The number of nitrogens with two attached hydrogens (primary N) is 1. The zero-order chi connectivity index (χ0) is 12.2. The maximum atomic E-state index is 11.5. The first-order valence-electron chi connectivity index (χ1n) is 6.10. The van der Waals surface area contributed by atoms with E-state index in [1.54, 1.807) is 13.8 Å². The van der Waals surface area contributed by atoms with Crippen LogP contribution in [-0.4, -0.2) is 43.2 Å². The maximum absolute atomic E-state index is 11.5. The van der Waals surface area contributed by atoms with E-state index in [-0.39, 0.29) is 5.97 Å². The van der Waals surface area contributed by atoms with Gasteiger partial charge in [0.2, 0.25) is 0 Å². The lowest BCUT2D eigenvalue weighted by atomic mass is 9.99. The lowest BCUT2D eigenvalue weighted by molar-refractivity contribution is -0.149. The highest BCUT2D eigenvalue weighted by molar-refractivity contribution is 5.79. The molecule has 0 heterocycles. The molecule has 16 heavy (non-hydrogen) atoms. The molecule has 1 saturated carbocycles. The van der Waals surface area contributed by atoms with E-state index < -0.39 is 5.54 Å². The molecule has 4 nitrogen and oxygen atoms in total. The average molecular weight is 228 g/mol. The van der Waals surface area contributed by atoms with E-state index >= 15 is 0 Å². The Morgan fingerprint density at radius 3 is 2.69 bits per heavy atom. The fourth-order valence-corrected chi connectivity index (χ4v) is 1.65. The second-order valence-corrected chi connectivity index (χ2v) is 5.09. The van der Waals surface area contributed by atoms with Gasteiger partial charge in [0.05, 0.1) is 6.61 Å². The highest BCUT2D eigenvalue weighted by Gasteiger charge is 2.30. The molecule has 0 bridgehead atoms. The summed E-state index contributed by atoms with van der Waals surface area (Å²) in [5.41, 5.74) is 5.09. The molecule has 0 spiro atoms. The van der Waals surface area contributed by atoms with Crippen molar-refractivity contribution in [2.45, 2.75) is 38.6 Å². The molecule has 2 N–H and O–H groups in total. The smallest absolute Gasteiger partial charge is 0.325 e. The van der Waals surface area contributed by atoms with Crippen LogP contribution in [0.2, 0.25) is 0 Å². The summed E-state index contributed by atoms with van der Waals surface area (Å²) in [6, 6.07) is 0. The predicted molar refractivity (Wildman–Crippen MR) is 64.1 cm³/mol. The van der Waals surface area contributed by atoms with E-state index in [1.165, 1.54) is 12.8 Å². The minimum Gasteiger partial charge on any atom is -0.465 e.